The summed E-state index contributed by atoms with van der Waals surface area (Å²) in [6.07, 6.45) is 6.78. The minimum Gasteiger partial charge on any atom is -0.368 e. The Labute approximate surface area is 175 Å². The van der Waals surface area contributed by atoms with Gasteiger partial charge < -0.3 is 24.8 Å². The number of amides is 2. The Balaban J connectivity index is 1.42. The average molecular weight is 407 g/mol. The summed E-state index contributed by atoms with van der Waals surface area (Å²) < 4.78 is 5.76. The van der Waals surface area contributed by atoms with Gasteiger partial charge in [-0.1, -0.05) is 6.92 Å². The molecule has 0 aromatic rings. The Kier molecular flexibility index (Phi) is 6.76. The van der Waals surface area contributed by atoms with Crippen molar-refractivity contribution in [3.8, 4) is 0 Å². The highest BCUT2D eigenvalue weighted by molar-refractivity contribution is 5.84. The van der Waals surface area contributed by atoms with Crippen molar-refractivity contribution in [3.05, 3.63) is 0 Å². The topological polar surface area (TPSA) is 65.1 Å². The maximum atomic E-state index is 13.4. The third kappa shape index (κ3) is 4.78. The molecular formula is C22H38N4O3. The SMILES string of the molecule is CN1CCN(C(=O)[C@@H]2C[C@H](N(C(=O)[C@@H]3CCCO3)[C@H]3CC[C@@H](C)CC3)CN2)CC1. The second kappa shape index (κ2) is 9.31. The van der Waals surface area contributed by atoms with Crippen molar-refractivity contribution in [2.75, 3.05) is 46.4 Å². The standard InChI is InChI=1S/C22H38N4O3/c1-16-5-7-17(8-6-16)26(22(28)20-4-3-13-29-20)18-14-19(23-15-18)21(27)25-11-9-24(2)10-12-25/h16-20,23H,3-15H2,1-2H3/t16-,17+,18-,19-,20-/m0/s1. The molecule has 4 aliphatic rings. The summed E-state index contributed by atoms with van der Waals surface area (Å²) in [7, 11) is 2.10. The molecule has 0 aromatic heterocycles. The molecule has 0 bridgehead atoms. The van der Waals surface area contributed by atoms with Crippen molar-refractivity contribution < 1.29 is 14.3 Å². The van der Waals surface area contributed by atoms with Gasteiger partial charge in [-0.05, 0) is 57.9 Å². The summed E-state index contributed by atoms with van der Waals surface area (Å²) >= 11 is 0. The highest BCUT2D eigenvalue weighted by Gasteiger charge is 2.42. The van der Waals surface area contributed by atoms with Crippen molar-refractivity contribution in [3.63, 3.8) is 0 Å². The van der Waals surface area contributed by atoms with Crippen LogP contribution in [0.1, 0.15) is 51.9 Å². The van der Waals surface area contributed by atoms with E-state index in [1.165, 1.54) is 12.8 Å². The maximum Gasteiger partial charge on any atom is 0.252 e. The zero-order valence-electron chi connectivity index (χ0n) is 18.1. The van der Waals surface area contributed by atoms with Crippen LogP contribution in [0.25, 0.3) is 0 Å². The first-order chi connectivity index (χ1) is 14.0. The van der Waals surface area contributed by atoms with E-state index in [1.807, 2.05) is 4.90 Å². The van der Waals surface area contributed by atoms with Gasteiger partial charge in [-0.2, -0.15) is 0 Å². The Bertz CT molecular complexity index is 579. The second-order valence-corrected chi connectivity index (χ2v) is 9.64. The first kappa shape index (κ1) is 21.1. The van der Waals surface area contributed by atoms with E-state index in [0.717, 1.165) is 64.2 Å². The normalized spacial score (nSPS) is 36.3. The van der Waals surface area contributed by atoms with E-state index in [-0.39, 0.29) is 30.0 Å². The first-order valence-electron chi connectivity index (χ1n) is 11.7. The van der Waals surface area contributed by atoms with Gasteiger partial charge in [-0.3, -0.25) is 9.59 Å². The van der Waals surface area contributed by atoms with Crippen LogP contribution in [-0.4, -0.2) is 97.1 Å². The molecule has 29 heavy (non-hydrogen) atoms. The summed E-state index contributed by atoms with van der Waals surface area (Å²) in [5.74, 6) is 1.13. The molecule has 7 nitrogen and oxygen atoms in total. The van der Waals surface area contributed by atoms with Gasteiger partial charge in [0.25, 0.3) is 5.91 Å². The summed E-state index contributed by atoms with van der Waals surface area (Å²) in [5, 5.41) is 3.45. The van der Waals surface area contributed by atoms with Crippen molar-refractivity contribution in [2.45, 2.75) is 76.1 Å². The number of nitrogens with one attached hydrogen (secondary N) is 1. The van der Waals surface area contributed by atoms with E-state index in [9.17, 15) is 9.59 Å². The molecule has 1 aliphatic carbocycles. The highest BCUT2D eigenvalue weighted by atomic mass is 16.5. The average Bonchev–Trinajstić information content (AvgIpc) is 3.42. The van der Waals surface area contributed by atoms with Crippen LogP contribution in [0, 0.1) is 5.92 Å². The lowest BCUT2D eigenvalue weighted by molar-refractivity contribution is -0.147. The van der Waals surface area contributed by atoms with Crippen LogP contribution in [0.2, 0.25) is 0 Å². The number of piperazine rings is 1. The Hall–Kier alpha value is -1.18. The fraction of sp³-hybridized carbons (Fsp3) is 0.909. The predicted molar refractivity (Wildman–Crippen MR) is 112 cm³/mol. The fourth-order valence-corrected chi connectivity index (χ4v) is 5.48. The summed E-state index contributed by atoms with van der Waals surface area (Å²) in [4.78, 5) is 32.8. The molecule has 4 rings (SSSR count). The first-order valence-corrected chi connectivity index (χ1v) is 11.7. The van der Waals surface area contributed by atoms with Crippen LogP contribution >= 0.6 is 0 Å². The number of hydrogen-bond acceptors (Lipinski definition) is 5. The lowest BCUT2D eigenvalue weighted by atomic mass is 9.85. The minimum absolute atomic E-state index is 0.103. The Morgan fingerprint density at radius 1 is 1.00 bits per heavy atom. The van der Waals surface area contributed by atoms with Crippen LogP contribution in [0.5, 0.6) is 0 Å². The maximum absolute atomic E-state index is 13.4. The van der Waals surface area contributed by atoms with Crippen LogP contribution in [0.4, 0.5) is 0 Å². The smallest absolute Gasteiger partial charge is 0.252 e. The van der Waals surface area contributed by atoms with Gasteiger partial charge in [0.05, 0.1) is 6.04 Å². The van der Waals surface area contributed by atoms with Crippen molar-refractivity contribution in [2.24, 2.45) is 5.92 Å². The van der Waals surface area contributed by atoms with Crippen LogP contribution in [0.3, 0.4) is 0 Å². The van der Waals surface area contributed by atoms with E-state index in [4.69, 9.17) is 4.74 Å². The molecule has 1 N–H and O–H groups in total. The largest absolute Gasteiger partial charge is 0.368 e. The van der Waals surface area contributed by atoms with Gasteiger partial charge in [-0.15, -0.1) is 0 Å². The summed E-state index contributed by atoms with van der Waals surface area (Å²) in [6, 6.07) is 0.240. The molecule has 2 amide bonds. The molecule has 1 saturated carbocycles. The quantitative estimate of drug-likeness (QED) is 0.757. The van der Waals surface area contributed by atoms with Gasteiger partial charge in [0.1, 0.15) is 6.10 Å². The molecular weight excluding hydrogens is 368 g/mol. The number of hydrogen-bond donors (Lipinski definition) is 1. The lowest BCUT2D eigenvalue weighted by Crippen LogP contribution is -2.53. The molecule has 3 saturated heterocycles. The van der Waals surface area contributed by atoms with Crippen molar-refractivity contribution in [1.82, 2.24) is 20.0 Å². The Morgan fingerprint density at radius 2 is 1.72 bits per heavy atom. The van der Waals surface area contributed by atoms with E-state index < -0.39 is 0 Å². The second-order valence-electron chi connectivity index (χ2n) is 9.64. The molecule has 7 heteroatoms. The molecule has 0 radical (unpaired) electrons. The third-order valence-electron chi connectivity index (χ3n) is 7.45. The van der Waals surface area contributed by atoms with E-state index in [2.05, 4.69) is 29.1 Å². The van der Waals surface area contributed by atoms with Gasteiger partial charge in [0.15, 0.2) is 0 Å². The molecule has 164 valence electrons. The van der Waals surface area contributed by atoms with Gasteiger partial charge in [-0.25, -0.2) is 0 Å². The number of rotatable bonds is 4. The van der Waals surface area contributed by atoms with E-state index in [1.54, 1.807) is 0 Å². The molecule has 3 atom stereocenters. The van der Waals surface area contributed by atoms with Gasteiger partial charge >= 0.3 is 0 Å². The molecule has 0 aromatic carbocycles. The fourth-order valence-electron chi connectivity index (χ4n) is 5.48. The van der Waals surface area contributed by atoms with E-state index >= 15 is 0 Å². The summed E-state index contributed by atoms with van der Waals surface area (Å²) in [6.45, 7) is 7.20. The van der Waals surface area contributed by atoms with Crippen LogP contribution in [-0.2, 0) is 14.3 Å². The molecule has 0 spiro atoms. The van der Waals surface area contributed by atoms with Gasteiger partial charge in [0.2, 0.25) is 5.91 Å². The van der Waals surface area contributed by atoms with Crippen molar-refractivity contribution in [1.29, 1.82) is 0 Å². The zero-order chi connectivity index (χ0) is 20.4. The molecule has 3 heterocycles. The third-order valence-corrected chi connectivity index (χ3v) is 7.45. The number of carbonyl (C=O) groups is 2. The van der Waals surface area contributed by atoms with Crippen LogP contribution in [0.15, 0.2) is 0 Å². The van der Waals surface area contributed by atoms with Crippen molar-refractivity contribution >= 4 is 11.8 Å². The van der Waals surface area contributed by atoms with Crippen LogP contribution < -0.4 is 5.32 Å². The van der Waals surface area contributed by atoms with E-state index in [0.29, 0.717) is 19.2 Å². The highest BCUT2D eigenvalue weighted by Crippen LogP contribution is 2.32. The number of carbonyl (C=O) groups excluding carboxylic acids is 2. The minimum atomic E-state index is -0.276. The van der Waals surface area contributed by atoms with Gasteiger partial charge in [0, 0.05) is 51.4 Å². The predicted octanol–water partition coefficient (Wildman–Crippen LogP) is 1.08. The molecule has 0 unspecified atom stereocenters. The molecule has 4 fully saturated rings. The molecule has 3 aliphatic heterocycles. The zero-order valence-corrected chi connectivity index (χ0v) is 18.1. The number of likely N-dealkylation sites (N-methyl/N-ethyl adjacent to an activating group) is 1. The number of nitrogens with zero attached hydrogens (tertiary/aromatic N) is 3. The Morgan fingerprint density at radius 3 is 2.38 bits per heavy atom. The lowest BCUT2D eigenvalue weighted by Gasteiger charge is -2.41. The summed E-state index contributed by atoms with van der Waals surface area (Å²) in [5.41, 5.74) is 0. The monoisotopic (exact) mass is 406 g/mol. The number of ether oxygens (including phenoxy) is 1.